The standard InChI is InChI=1S/C7H8N2O3S/c8-13(11,12)9(6-10)7-4-2-1-3-5-7/h1-6H,(H2,8,11,12). The molecular formula is C7H8N2O3S. The summed E-state index contributed by atoms with van der Waals surface area (Å²) >= 11 is 0. The summed E-state index contributed by atoms with van der Waals surface area (Å²) in [6, 6.07) is 7.86. The molecule has 0 heterocycles. The van der Waals surface area contributed by atoms with Crippen LogP contribution in [0, 0.1) is 0 Å². The predicted molar refractivity (Wildman–Crippen MR) is 48.1 cm³/mol. The third kappa shape index (κ3) is 2.27. The first-order valence-corrected chi connectivity index (χ1v) is 4.88. The molecule has 0 saturated heterocycles. The highest BCUT2D eigenvalue weighted by Crippen LogP contribution is 2.12. The van der Waals surface area contributed by atoms with Crippen LogP contribution in [0.2, 0.25) is 0 Å². The molecule has 0 unspecified atom stereocenters. The Kier molecular flexibility index (Phi) is 2.64. The molecule has 0 bridgehead atoms. The largest absolute Gasteiger partial charge is 0.305 e. The topological polar surface area (TPSA) is 80.5 Å². The Morgan fingerprint density at radius 2 is 1.77 bits per heavy atom. The van der Waals surface area contributed by atoms with Crippen molar-refractivity contribution in [3.8, 4) is 0 Å². The Morgan fingerprint density at radius 3 is 2.15 bits per heavy atom. The maximum atomic E-state index is 10.8. The molecule has 0 atom stereocenters. The van der Waals surface area contributed by atoms with Gasteiger partial charge in [0, 0.05) is 0 Å². The summed E-state index contributed by atoms with van der Waals surface area (Å²) in [4.78, 5) is 10.4. The monoisotopic (exact) mass is 200 g/mol. The molecule has 1 aromatic carbocycles. The van der Waals surface area contributed by atoms with Crippen LogP contribution in [0.4, 0.5) is 5.69 Å². The fourth-order valence-electron chi connectivity index (χ4n) is 0.843. The van der Waals surface area contributed by atoms with E-state index in [2.05, 4.69) is 0 Å². The Hall–Kier alpha value is -1.40. The molecule has 0 aliphatic carbocycles. The van der Waals surface area contributed by atoms with Gasteiger partial charge in [-0.25, -0.2) is 5.14 Å². The van der Waals surface area contributed by atoms with Crippen molar-refractivity contribution < 1.29 is 13.2 Å². The van der Waals surface area contributed by atoms with E-state index in [0.29, 0.717) is 4.31 Å². The highest BCUT2D eigenvalue weighted by atomic mass is 32.2. The molecule has 5 nitrogen and oxygen atoms in total. The van der Waals surface area contributed by atoms with Crippen molar-refractivity contribution in [1.82, 2.24) is 0 Å². The van der Waals surface area contributed by atoms with Gasteiger partial charge in [0.25, 0.3) is 0 Å². The molecule has 0 saturated carbocycles. The molecule has 0 radical (unpaired) electrons. The summed E-state index contributed by atoms with van der Waals surface area (Å²) in [5.41, 5.74) is 0.222. The number of carbonyl (C=O) groups is 1. The lowest BCUT2D eigenvalue weighted by Crippen LogP contribution is -2.35. The van der Waals surface area contributed by atoms with Gasteiger partial charge in [0.05, 0.1) is 5.69 Å². The van der Waals surface area contributed by atoms with Crippen LogP contribution in [0.25, 0.3) is 0 Å². The van der Waals surface area contributed by atoms with Gasteiger partial charge in [-0.05, 0) is 12.1 Å². The molecule has 0 spiro atoms. The highest BCUT2D eigenvalue weighted by molar-refractivity contribution is 7.91. The fourth-order valence-corrected chi connectivity index (χ4v) is 1.38. The van der Waals surface area contributed by atoms with Gasteiger partial charge in [-0.15, -0.1) is 0 Å². The summed E-state index contributed by atoms with van der Waals surface area (Å²) in [6.07, 6.45) is 0.157. The summed E-state index contributed by atoms with van der Waals surface area (Å²) in [7, 11) is -4.00. The second kappa shape index (κ2) is 3.55. The van der Waals surface area contributed by atoms with Crippen LogP contribution in [0.3, 0.4) is 0 Å². The van der Waals surface area contributed by atoms with E-state index in [1.165, 1.54) is 12.1 Å². The van der Waals surface area contributed by atoms with Gasteiger partial charge in [0.15, 0.2) is 0 Å². The average Bonchev–Trinajstić information content (AvgIpc) is 2.05. The summed E-state index contributed by atoms with van der Waals surface area (Å²) in [6.45, 7) is 0. The van der Waals surface area contributed by atoms with Crippen LogP contribution in [-0.2, 0) is 15.0 Å². The molecule has 70 valence electrons. The first-order chi connectivity index (χ1) is 6.05. The zero-order valence-corrected chi connectivity index (χ0v) is 7.44. The maximum Gasteiger partial charge on any atom is 0.305 e. The van der Waals surface area contributed by atoms with E-state index in [1.54, 1.807) is 18.2 Å². The first-order valence-electron chi connectivity index (χ1n) is 3.38. The zero-order chi connectivity index (χ0) is 9.90. The molecule has 13 heavy (non-hydrogen) atoms. The lowest BCUT2D eigenvalue weighted by Gasteiger charge is -2.13. The molecule has 1 aromatic rings. The Labute approximate surface area is 76.0 Å². The SMILES string of the molecule is NS(=O)(=O)N(C=O)c1ccccc1. The van der Waals surface area contributed by atoms with Gasteiger partial charge < -0.3 is 0 Å². The number of nitrogens with zero attached hydrogens (tertiary/aromatic N) is 1. The van der Waals surface area contributed by atoms with Crippen LogP contribution in [-0.4, -0.2) is 14.8 Å². The number of nitrogens with two attached hydrogens (primary N) is 1. The van der Waals surface area contributed by atoms with Gasteiger partial charge in [-0.2, -0.15) is 12.7 Å². The molecule has 0 aromatic heterocycles. The second-order valence-corrected chi connectivity index (χ2v) is 3.71. The number of rotatable bonds is 3. The lowest BCUT2D eigenvalue weighted by atomic mass is 10.3. The zero-order valence-electron chi connectivity index (χ0n) is 6.62. The van der Waals surface area contributed by atoms with E-state index in [9.17, 15) is 13.2 Å². The average molecular weight is 200 g/mol. The quantitative estimate of drug-likeness (QED) is 0.689. The van der Waals surface area contributed by atoms with E-state index < -0.39 is 10.2 Å². The minimum atomic E-state index is -4.00. The number of hydrogen-bond donors (Lipinski definition) is 1. The van der Waals surface area contributed by atoms with Crippen molar-refractivity contribution in [3.63, 3.8) is 0 Å². The normalized spacial score (nSPS) is 10.8. The Morgan fingerprint density at radius 1 is 1.23 bits per heavy atom. The highest BCUT2D eigenvalue weighted by Gasteiger charge is 2.15. The van der Waals surface area contributed by atoms with Crippen LogP contribution in [0.15, 0.2) is 30.3 Å². The minimum Gasteiger partial charge on any atom is -0.277 e. The molecule has 6 heteroatoms. The van der Waals surface area contributed by atoms with Gasteiger partial charge in [0.1, 0.15) is 0 Å². The smallest absolute Gasteiger partial charge is 0.277 e. The van der Waals surface area contributed by atoms with E-state index in [-0.39, 0.29) is 12.1 Å². The van der Waals surface area contributed by atoms with E-state index >= 15 is 0 Å². The van der Waals surface area contributed by atoms with Gasteiger partial charge >= 0.3 is 10.2 Å². The number of anilines is 1. The van der Waals surface area contributed by atoms with Crippen molar-refractivity contribution in [2.24, 2.45) is 5.14 Å². The van der Waals surface area contributed by atoms with Crippen molar-refractivity contribution in [1.29, 1.82) is 0 Å². The van der Waals surface area contributed by atoms with E-state index in [0.717, 1.165) is 0 Å². The third-order valence-electron chi connectivity index (χ3n) is 1.38. The van der Waals surface area contributed by atoms with Crippen LogP contribution in [0.1, 0.15) is 0 Å². The maximum absolute atomic E-state index is 10.8. The number of para-hydroxylation sites is 1. The molecule has 0 fully saturated rings. The molecule has 0 aliphatic heterocycles. The molecule has 2 N–H and O–H groups in total. The van der Waals surface area contributed by atoms with E-state index in [1.807, 2.05) is 0 Å². The van der Waals surface area contributed by atoms with Crippen molar-refractivity contribution >= 4 is 22.3 Å². The number of benzene rings is 1. The van der Waals surface area contributed by atoms with Crippen LogP contribution >= 0.6 is 0 Å². The second-order valence-electron chi connectivity index (χ2n) is 2.28. The summed E-state index contributed by atoms with van der Waals surface area (Å²) in [5.74, 6) is 0. The van der Waals surface area contributed by atoms with Gasteiger partial charge in [0.2, 0.25) is 6.41 Å². The predicted octanol–water partition coefficient (Wildman–Crippen LogP) is -0.147. The van der Waals surface area contributed by atoms with Crippen molar-refractivity contribution in [2.75, 3.05) is 4.31 Å². The number of amides is 1. The minimum absolute atomic E-state index is 0.157. The lowest BCUT2D eigenvalue weighted by molar-refractivity contribution is -0.106. The Balaban J connectivity index is 3.13. The molecular weight excluding hydrogens is 192 g/mol. The molecule has 1 rings (SSSR count). The van der Waals surface area contributed by atoms with Crippen LogP contribution in [0.5, 0.6) is 0 Å². The summed E-state index contributed by atoms with van der Waals surface area (Å²) < 4.78 is 22.1. The van der Waals surface area contributed by atoms with Gasteiger partial charge in [-0.1, -0.05) is 18.2 Å². The van der Waals surface area contributed by atoms with Crippen molar-refractivity contribution in [2.45, 2.75) is 0 Å². The van der Waals surface area contributed by atoms with Gasteiger partial charge in [-0.3, -0.25) is 4.79 Å². The third-order valence-corrected chi connectivity index (χ3v) is 2.23. The molecule has 0 aliphatic rings. The first kappa shape index (κ1) is 9.69. The Bertz CT molecular complexity index is 387. The molecule has 1 amide bonds. The van der Waals surface area contributed by atoms with Crippen molar-refractivity contribution in [3.05, 3.63) is 30.3 Å². The van der Waals surface area contributed by atoms with E-state index in [4.69, 9.17) is 5.14 Å². The number of carbonyl (C=O) groups excluding carboxylic acids is 1. The fraction of sp³-hybridized carbons (Fsp3) is 0. The van der Waals surface area contributed by atoms with Crippen LogP contribution < -0.4 is 9.44 Å². The summed E-state index contributed by atoms with van der Waals surface area (Å²) in [5, 5.41) is 4.79. The number of hydrogen-bond acceptors (Lipinski definition) is 3.